The van der Waals surface area contributed by atoms with Gasteiger partial charge in [0, 0.05) is 6.42 Å². The average Bonchev–Trinajstić information content (AvgIpc) is 2.58. The lowest BCUT2D eigenvalue weighted by molar-refractivity contribution is -0.124. The molecule has 1 aromatic carbocycles. The third-order valence-corrected chi connectivity index (χ3v) is 3.93. The lowest BCUT2D eigenvalue weighted by Crippen LogP contribution is -2.62. The van der Waals surface area contributed by atoms with Crippen LogP contribution in [-0.4, -0.2) is 41.8 Å². The molecule has 1 aromatic rings. The number of hydrazone groups is 1. The van der Waals surface area contributed by atoms with Crippen molar-refractivity contribution in [1.82, 2.24) is 21.6 Å². The molecule has 11 heteroatoms. The molecule has 0 spiro atoms. The summed E-state index contributed by atoms with van der Waals surface area (Å²) in [6.45, 7) is 2.18. The summed E-state index contributed by atoms with van der Waals surface area (Å²) in [4.78, 5) is 34.2. The van der Waals surface area contributed by atoms with Crippen LogP contribution in [0.1, 0.15) is 25.3 Å². The summed E-state index contributed by atoms with van der Waals surface area (Å²) in [5.41, 5.74) is 7.72. The molecule has 0 radical (unpaired) electrons. The standard InChI is InChI=1S/C15H18BrN5O5/c1-2-26-11-6-8(5-9(16)13(11)23)7-17-20-12(22)4-3-10-14(24)18-15(25)21-19-10/h5-7,10,19,23H,2-4H2,1H3,(H,20,22)(H2,18,21,24,25)/b17-7+. The van der Waals surface area contributed by atoms with Gasteiger partial charge in [0.05, 0.1) is 17.3 Å². The van der Waals surface area contributed by atoms with Crippen LogP contribution in [-0.2, 0) is 9.59 Å². The minimum atomic E-state index is -0.691. The van der Waals surface area contributed by atoms with E-state index in [0.29, 0.717) is 22.4 Å². The Balaban J connectivity index is 1.85. The van der Waals surface area contributed by atoms with E-state index < -0.39 is 23.9 Å². The molecular weight excluding hydrogens is 410 g/mol. The highest BCUT2D eigenvalue weighted by Crippen LogP contribution is 2.34. The number of phenolic OH excluding ortho intramolecular Hbond substituents is 1. The van der Waals surface area contributed by atoms with E-state index in [1.54, 1.807) is 19.1 Å². The molecule has 1 heterocycles. The fraction of sp³-hybridized carbons (Fsp3) is 0.333. The maximum Gasteiger partial charge on any atom is 0.335 e. The molecule has 1 aliphatic heterocycles. The van der Waals surface area contributed by atoms with Crippen LogP contribution in [0.15, 0.2) is 21.7 Å². The number of phenols is 1. The van der Waals surface area contributed by atoms with Crippen LogP contribution in [0.2, 0.25) is 0 Å². The van der Waals surface area contributed by atoms with Crippen LogP contribution in [0.4, 0.5) is 4.79 Å². The zero-order chi connectivity index (χ0) is 19.1. The first-order valence-electron chi connectivity index (χ1n) is 7.74. The van der Waals surface area contributed by atoms with Crippen molar-refractivity contribution in [3.8, 4) is 11.5 Å². The van der Waals surface area contributed by atoms with Crippen molar-refractivity contribution < 1.29 is 24.2 Å². The van der Waals surface area contributed by atoms with Crippen LogP contribution in [0, 0.1) is 0 Å². The first-order chi connectivity index (χ1) is 12.4. The number of rotatable bonds is 7. The highest BCUT2D eigenvalue weighted by atomic mass is 79.9. The van der Waals surface area contributed by atoms with E-state index in [-0.39, 0.29) is 18.6 Å². The number of halogens is 1. The highest BCUT2D eigenvalue weighted by molar-refractivity contribution is 9.10. The predicted molar refractivity (Wildman–Crippen MR) is 95.5 cm³/mol. The molecule has 0 aromatic heterocycles. The number of nitrogens with one attached hydrogen (secondary N) is 4. The zero-order valence-corrected chi connectivity index (χ0v) is 15.4. The van der Waals surface area contributed by atoms with Crippen LogP contribution in [0.5, 0.6) is 11.5 Å². The van der Waals surface area contributed by atoms with Gasteiger partial charge in [0.2, 0.25) is 11.8 Å². The van der Waals surface area contributed by atoms with Gasteiger partial charge in [-0.1, -0.05) is 0 Å². The number of amides is 4. The van der Waals surface area contributed by atoms with Gasteiger partial charge in [-0.25, -0.2) is 15.6 Å². The Morgan fingerprint density at radius 3 is 2.92 bits per heavy atom. The lowest BCUT2D eigenvalue weighted by Gasteiger charge is -2.22. The molecule has 1 aliphatic rings. The van der Waals surface area contributed by atoms with Crippen molar-refractivity contribution in [2.45, 2.75) is 25.8 Å². The van der Waals surface area contributed by atoms with E-state index in [0.717, 1.165) is 0 Å². The summed E-state index contributed by atoms with van der Waals surface area (Å²) in [5.74, 6) is -0.609. The number of urea groups is 1. The third-order valence-electron chi connectivity index (χ3n) is 3.33. The smallest absolute Gasteiger partial charge is 0.335 e. The Morgan fingerprint density at radius 2 is 2.23 bits per heavy atom. The average molecular weight is 428 g/mol. The number of hydrogen-bond donors (Lipinski definition) is 5. The van der Waals surface area contributed by atoms with E-state index in [2.05, 4.69) is 42.6 Å². The summed E-state index contributed by atoms with van der Waals surface area (Å²) < 4.78 is 5.74. The van der Waals surface area contributed by atoms with Gasteiger partial charge >= 0.3 is 6.03 Å². The molecule has 1 saturated heterocycles. The number of aromatic hydroxyl groups is 1. The first kappa shape index (κ1) is 19.7. The van der Waals surface area contributed by atoms with E-state index >= 15 is 0 Å². The summed E-state index contributed by atoms with van der Waals surface area (Å²) in [7, 11) is 0. The maximum atomic E-state index is 11.8. The molecule has 2 rings (SSSR count). The van der Waals surface area contributed by atoms with E-state index in [9.17, 15) is 19.5 Å². The normalized spacial score (nSPS) is 16.9. The monoisotopic (exact) mass is 427 g/mol. The number of nitrogens with zero attached hydrogens (tertiary/aromatic N) is 1. The summed E-state index contributed by atoms with van der Waals surface area (Å²) in [5, 5.41) is 15.8. The number of imide groups is 1. The summed E-state index contributed by atoms with van der Waals surface area (Å²) >= 11 is 3.21. The van der Waals surface area contributed by atoms with Crippen molar-refractivity contribution in [2.75, 3.05) is 6.61 Å². The van der Waals surface area contributed by atoms with Crippen LogP contribution < -0.4 is 26.3 Å². The minimum absolute atomic E-state index is 0.0154. The fourth-order valence-corrected chi connectivity index (χ4v) is 2.56. The molecule has 1 atom stereocenters. The molecule has 1 unspecified atom stereocenters. The summed E-state index contributed by atoms with van der Waals surface area (Å²) in [6, 6.07) is 1.88. The van der Waals surface area contributed by atoms with Gasteiger partial charge in [-0.15, -0.1) is 0 Å². The van der Waals surface area contributed by atoms with Gasteiger partial charge in [-0.05, 0) is 47.0 Å². The molecule has 10 nitrogen and oxygen atoms in total. The number of carbonyl (C=O) groups excluding carboxylic acids is 3. The molecular formula is C15H18BrN5O5. The first-order valence-corrected chi connectivity index (χ1v) is 8.53. The Morgan fingerprint density at radius 1 is 1.46 bits per heavy atom. The van der Waals surface area contributed by atoms with Crippen LogP contribution >= 0.6 is 15.9 Å². The zero-order valence-electron chi connectivity index (χ0n) is 13.8. The Hall–Kier alpha value is -2.66. The molecule has 0 aliphatic carbocycles. The fourth-order valence-electron chi connectivity index (χ4n) is 2.10. The van der Waals surface area contributed by atoms with Crippen molar-refractivity contribution in [3.05, 3.63) is 22.2 Å². The van der Waals surface area contributed by atoms with Gasteiger partial charge in [-0.2, -0.15) is 5.10 Å². The van der Waals surface area contributed by atoms with Crippen LogP contribution in [0.3, 0.4) is 0 Å². The number of ether oxygens (including phenoxy) is 1. The largest absolute Gasteiger partial charge is 0.503 e. The van der Waals surface area contributed by atoms with E-state index in [1.165, 1.54) is 6.21 Å². The molecule has 0 saturated carbocycles. The quantitative estimate of drug-likeness (QED) is 0.316. The Kier molecular flexibility index (Phi) is 6.92. The highest BCUT2D eigenvalue weighted by Gasteiger charge is 2.25. The molecule has 5 N–H and O–H groups in total. The van der Waals surface area contributed by atoms with Crippen molar-refractivity contribution >= 4 is 40.0 Å². The second kappa shape index (κ2) is 9.15. The van der Waals surface area contributed by atoms with E-state index in [4.69, 9.17) is 4.74 Å². The van der Waals surface area contributed by atoms with Gasteiger partial charge in [0.25, 0.3) is 0 Å². The molecule has 26 heavy (non-hydrogen) atoms. The predicted octanol–water partition coefficient (Wildman–Crippen LogP) is 0.496. The minimum Gasteiger partial charge on any atom is -0.503 e. The van der Waals surface area contributed by atoms with Crippen molar-refractivity contribution in [2.24, 2.45) is 5.10 Å². The van der Waals surface area contributed by atoms with Gasteiger partial charge in [0.1, 0.15) is 6.04 Å². The molecule has 140 valence electrons. The van der Waals surface area contributed by atoms with Crippen molar-refractivity contribution in [3.63, 3.8) is 0 Å². The topological polar surface area (TPSA) is 141 Å². The third kappa shape index (κ3) is 5.43. The Bertz CT molecular complexity index is 739. The second-order valence-corrected chi connectivity index (χ2v) is 6.11. The second-order valence-electron chi connectivity index (χ2n) is 5.25. The number of hydrogen-bond acceptors (Lipinski definition) is 7. The molecule has 0 bridgehead atoms. The summed E-state index contributed by atoms with van der Waals surface area (Å²) in [6.07, 6.45) is 1.62. The van der Waals surface area contributed by atoms with Crippen molar-refractivity contribution in [1.29, 1.82) is 0 Å². The number of carbonyl (C=O) groups is 3. The molecule has 1 fully saturated rings. The van der Waals surface area contributed by atoms with E-state index in [1.807, 2.05) is 0 Å². The number of hydrazine groups is 1. The van der Waals surface area contributed by atoms with Gasteiger partial charge < -0.3 is 9.84 Å². The van der Waals surface area contributed by atoms with Crippen LogP contribution in [0.25, 0.3) is 0 Å². The van der Waals surface area contributed by atoms with Gasteiger partial charge in [-0.3, -0.25) is 20.3 Å². The Labute approximate surface area is 157 Å². The maximum absolute atomic E-state index is 11.8. The molecule has 4 amide bonds. The van der Waals surface area contributed by atoms with Gasteiger partial charge in [0.15, 0.2) is 11.5 Å². The lowest BCUT2D eigenvalue weighted by atomic mass is 10.1. The number of benzene rings is 1. The SMILES string of the molecule is CCOc1cc(/C=N/NC(=O)CCC2NNC(=O)NC2=O)cc(Br)c1O.